The molecule has 2 fully saturated rings. The summed E-state index contributed by atoms with van der Waals surface area (Å²) in [5.74, 6) is 0. The first-order valence-corrected chi connectivity index (χ1v) is 11.1. The SMILES string of the molecule is c1ccc(COC[C@H]2O[C@@H]3O[C@H]3[C@@H](OCc3ccccc3)[C@@H]2OCc2ccccc2)cc1. The first-order chi connectivity index (χ1) is 15.9. The monoisotopic (exact) mass is 432 g/mol. The van der Waals surface area contributed by atoms with Crippen LogP contribution in [0.25, 0.3) is 0 Å². The van der Waals surface area contributed by atoms with Crippen molar-refractivity contribution in [3.8, 4) is 0 Å². The minimum atomic E-state index is -0.293. The molecule has 5 rings (SSSR count). The Morgan fingerprint density at radius 3 is 1.62 bits per heavy atom. The molecule has 2 heterocycles. The Bertz CT molecular complexity index is 950. The van der Waals surface area contributed by atoms with E-state index in [1.54, 1.807) is 0 Å². The molecule has 0 unspecified atom stereocenters. The van der Waals surface area contributed by atoms with Crippen LogP contribution in [-0.4, -0.2) is 37.3 Å². The van der Waals surface area contributed by atoms with Crippen molar-refractivity contribution in [1.82, 2.24) is 0 Å². The van der Waals surface area contributed by atoms with Gasteiger partial charge in [-0.2, -0.15) is 0 Å². The second kappa shape index (κ2) is 10.4. The Hall–Kier alpha value is -2.54. The van der Waals surface area contributed by atoms with Gasteiger partial charge in [0.2, 0.25) is 0 Å². The summed E-state index contributed by atoms with van der Waals surface area (Å²) < 4.78 is 30.6. The summed E-state index contributed by atoms with van der Waals surface area (Å²) in [6.07, 6.45) is -1.14. The van der Waals surface area contributed by atoms with Gasteiger partial charge in [0.1, 0.15) is 24.4 Å². The lowest BCUT2D eigenvalue weighted by atomic mass is 10.0. The quantitative estimate of drug-likeness (QED) is 0.442. The van der Waals surface area contributed by atoms with Gasteiger partial charge in [-0.15, -0.1) is 0 Å². The van der Waals surface area contributed by atoms with E-state index in [1.165, 1.54) is 0 Å². The summed E-state index contributed by atoms with van der Waals surface area (Å²) in [5, 5.41) is 0. The van der Waals surface area contributed by atoms with Crippen LogP contribution < -0.4 is 0 Å². The Labute approximate surface area is 188 Å². The molecule has 0 N–H and O–H groups in total. The lowest BCUT2D eigenvalue weighted by molar-refractivity contribution is -0.192. The number of epoxide rings is 1. The number of benzene rings is 3. The van der Waals surface area contributed by atoms with E-state index in [-0.39, 0.29) is 30.7 Å². The highest BCUT2D eigenvalue weighted by Crippen LogP contribution is 2.39. The van der Waals surface area contributed by atoms with E-state index in [9.17, 15) is 0 Å². The van der Waals surface area contributed by atoms with Crippen molar-refractivity contribution in [3.63, 3.8) is 0 Å². The summed E-state index contributed by atoms with van der Waals surface area (Å²) >= 11 is 0. The molecule has 166 valence electrons. The molecular formula is C27H28O5. The van der Waals surface area contributed by atoms with Gasteiger partial charge >= 0.3 is 0 Å². The largest absolute Gasteiger partial charge is 0.374 e. The third-order valence-corrected chi connectivity index (χ3v) is 5.77. The van der Waals surface area contributed by atoms with Crippen molar-refractivity contribution in [2.24, 2.45) is 0 Å². The molecule has 32 heavy (non-hydrogen) atoms. The van der Waals surface area contributed by atoms with Gasteiger partial charge in [-0.05, 0) is 16.7 Å². The van der Waals surface area contributed by atoms with Crippen molar-refractivity contribution >= 4 is 0 Å². The zero-order valence-electron chi connectivity index (χ0n) is 17.9. The van der Waals surface area contributed by atoms with Gasteiger partial charge in [-0.3, -0.25) is 0 Å². The number of ether oxygens (including phenoxy) is 5. The van der Waals surface area contributed by atoms with Crippen LogP contribution >= 0.6 is 0 Å². The average molecular weight is 433 g/mol. The van der Waals surface area contributed by atoms with Crippen molar-refractivity contribution < 1.29 is 23.7 Å². The van der Waals surface area contributed by atoms with Crippen LogP contribution in [0.1, 0.15) is 16.7 Å². The van der Waals surface area contributed by atoms with Gasteiger partial charge in [-0.25, -0.2) is 0 Å². The fourth-order valence-electron chi connectivity index (χ4n) is 4.03. The van der Waals surface area contributed by atoms with Crippen LogP contribution in [0.2, 0.25) is 0 Å². The normalized spacial score (nSPS) is 26.4. The van der Waals surface area contributed by atoms with Crippen molar-refractivity contribution in [2.45, 2.75) is 50.5 Å². The van der Waals surface area contributed by atoms with Gasteiger partial charge in [0.25, 0.3) is 0 Å². The Morgan fingerprint density at radius 1 is 0.562 bits per heavy atom. The molecule has 0 saturated carbocycles. The van der Waals surface area contributed by atoms with Crippen LogP contribution in [0.4, 0.5) is 0 Å². The van der Waals surface area contributed by atoms with Gasteiger partial charge < -0.3 is 23.7 Å². The average Bonchev–Trinajstić information content (AvgIpc) is 3.63. The summed E-state index contributed by atoms with van der Waals surface area (Å²) in [6, 6.07) is 30.4. The van der Waals surface area contributed by atoms with Gasteiger partial charge in [0.15, 0.2) is 6.29 Å². The van der Waals surface area contributed by atoms with Gasteiger partial charge in [-0.1, -0.05) is 91.0 Å². The van der Waals surface area contributed by atoms with Gasteiger partial charge in [0, 0.05) is 0 Å². The lowest BCUT2D eigenvalue weighted by Crippen LogP contribution is -2.52. The minimum absolute atomic E-state index is 0.107. The predicted octanol–water partition coefficient (Wildman–Crippen LogP) is 4.50. The zero-order valence-corrected chi connectivity index (χ0v) is 17.9. The number of rotatable bonds is 10. The third kappa shape index (κ3) is 5.44. The molecular weight excluding hydrogens is 404 g/mol. The van der Waals surface area contributed by atoms with Crippen molar-refractivity contribution in [1.29, 1.82) is 0 Å². The van der Waals surface area contributed by atoms with E-state index in [2.05, 4.69) is 36.4 Å². The maximum atomic E-state index is 6.37. The topological polar surface area (TPSA) is 49.5 Å². The van der Waals surface area contributed by atoms with Crippen LogP contribution in [0.15, 0.2) is 91.0 Å². The second-order valence-corrected chi connectivity index (χ2v) is 8.17. The smallest absolute Gasteiger partial charge is 0.187 e. The van der Waals surface area contributed by atoms with E-state index in [1.807, 2.05) is 54.6 Å². The standard InChI is InChI=1S/C27H28O5/c1-4-10-20(11-5-1)16-28-19-23-24(29-17-21-12-6-2-7-13-21)25(26-27(31-23)32-26)30-18-22-14-8-3-9-15-22/h1-15,23-27H,16-19H2/t23-,24-,25+,26+,27-/m1/s1. The molecule has 5 atom stereocenters. The fraction of sp³-hybridized carbons (Fsp3) is 0.333. The molecule has 0 bridgehead atoms. The molecule has 2 saturated heterocycles. The highest BCUT2D eigenvalue weighted by molar-refractivity contribution is 5.15. The first kappa shape index (κ1) is 21.3. The van der Waals surface area contributed by atoms with E-state index < -0.39 is 0 Å². The van der Waals surface area contributed by atoms with Crippen molar-refractivity contribution in [2.75, 3.05) is 6.61 Å². The van der Waals surface area contributed by atoms with Crippen LogP contribution in [0, 0.1) is 0 Å². The second-order valence-electron chi connectivity index (χ2n) is 8.17. The molecule has 0 aromatic heterocycles. The maximum absolute atomic E-state index is 6.37. The zero-order chi connectivity index (χ0) is 21.6. The Morgan fingerprint density at radius 2 is 1.06 bits per heavy atom. The molecule has 3 aromatic rings. The molecule has 2 aliphatic rings. The van der Waals surface area contributed by atoms with Crippen LogP contribution in [-0.2, 0) is 43.5 Å². The van der Waals surface area contributed by atoms with Crippen molar-refractivity contribution in [3.05, 3.63) is 108 Å². The molecule has 0 aliphatic carbocycles. The number of hydrogen-bond donors (Lipinski definition) is 0. The first-order valence-electron chi connectivity index (χ1n) is 11.1. The molecule has 0 spiro atoms. The van der Waals surface area contributed by atoms with E-state index in [0.29, 0.717) is 26.4 Å². The molecule has 0 radical (unpaired) electrons. The van der Waals surface area contributed by atoms with Gasteiger partial charge in [0.05, 0.1) is 26.4 Å². The number of fused-ring (bicyclic) bond motifs is 1. The minimum Gasteiger partial charge on any atom is -0.374 e. The number of hydrogen-bond acceptors (Lipinski definition) is 5. The van der Waals surface area contributed by atoms with E-state index >= 15 is 0 Å². The fourth-order valence-corrected chi connectivity index (χ4v) is 4.03. The summed E-state index contributed by atoms with van der Waals surface area (Å²) in [6.45, 7) is 1.91. The van der Waals surface area contributed by atoms with Crippen LogP contribution in [0.3, 0.4) is 0 Å². The highest BCUT2D eigenvalue weighted by atomic mass is 16.8. The van der Waals surface area contributed by atoms with Crippen LogP contribution in [0.5, 0.6) is 0 Å². The Balaban J connectivity index is 1.26. The van der Waals surface area contributed by atoms with E-state index in [0.717, 1.165) is 16.7 Å². The molecule has 5 nitrogen and oxygen atoms in total. The molecule has 5 heteroatoms. The maximum Gasteiger partial charge on any atom is 0.187 e. The summed E-state index contributed by atoms with van der Waals surface area (Å²) in [7, 11) is 0. The summed E-state index contributed by atoms with van der Waals surface area (Å²) in [5.41, 5.74) is 3.36. The highest BCUT2D eigenvalue weighted by Gasteiger charge is 2.58. The molecule has 3 aromatic carbocycles. The third-order valence-electron chi connectivity index (χ3n) is 5.77. The predicted molar refractivity (Wildman–Crippen MR) is 120 cm³/mol. The van der Waals surface area contributed by atoms with E-state index in [4.69, 9.17) is 23.7 Å². The molecule has 2 aliphatic heterocycles. The molecule has 0 amide bonds. The summed E-state index contributed by atoms with van der Waals surface area (Å²) in [4.78, 5) is 0. The lowest BCUT2D eigenvalue weighted by Gasteiger charge is -2.35. The Kier molecular flexibility index (Phi) is 6.92.